The average molecular weight is 1310 g/mol. The Kier molecular flexibility index (Phi) is 18.8. The molecule has 0 saturated carbocycles. The van der Waals surface area contributed by atoms with Crippen LogP contribution in [0.5, 0.6) is 34.5 Å². The van der Waals surface area contributed by atoms with Crippen LogP contribution in [-0.4, -0.2) is 115 Å². The molecule has 30 heteroatoms. The van der Waals surface area contributed by atoms with Gasteiger partial charge in [-0.2, -0.15) is 30.6 Å². The Balaban J connectivity index is 0.000000145. The second kappa shape index (κ2) is 26.5. The second-order valence-corrected chi connectivity index (χ2v) is 22.6. The molecule has 3 aromatic carbocycles. The van der Waals surface area contributed by atoms with Crippen molar-refractivity contribution in [2.75, 3.05) is 53.7 Å². The standard InChI is InChI=1S/C21H21Cl2N5O3.C18H17Cl2N5O4.C18H19Cl2N5O2/c1-4-16(29)25-13-9-24-27-21(13)20-11-6-5-10(7-12(11)26-28-20)17-18(22)14(30-2)8-15(31-3)19(17)23;1-28-12-6-13(29-2)16(20)14(15(12)19)8-3-4-9-10(5-8)22-24-17(9)18-11(25(26)27)7-21-23-18;1-26-12-6-13(27-2)16(20)14(15(12)19)8-3-4-9-11(5-8)23-25-17(9)18-10(21)7-22-24-18/h4,8-10H,1,5-7H2,2-3H3,(H,24,27)(H,25,29)(H,26,28);6-8H,3-5H2,1-2H3,(H,21,23)(H,22,24);6-8H,3-5,21H2,1-2H3,(H,22,24)(H,23,25). The third kappa shape index (κ3) is 11.9. The highest BCUT2D eigenvalue weighted by Gasteiger charge is 2.35. The highest BCUT2D eigenvalue weighted by atomic mass is 35.5. The summed E-state index contributed by atoms with van der Waals surface area (Å²) in [4.78, 5) is 22.5. The number of aromatic amines is 6. The number of halogens is 6. The number of carbonyl (C=O) groups excluding carboxylic acids is 1. The Morgan fingerprint density at radius 3 is 1.23 bits per heavy atom. The van der Waals surface area contributed by atoms with E-state index in [1.807, 2.05) is 0 Å². The molecule has 3 unspecified atom stereocenters. The van der Waals surface area contributed by atoms with E-state index in [-0.39, 0.29) is 29.3 Å². The number of fused-ring (bicyclic) bond motifs is 3. The number of hydrogen-bond acceptors (Lipinski definition) is 16. The number of nitro groups is 1. The van der Waals surface area contributed by atoms with E-state index in [0.717, 1.165) is 106 Å². The molecule has 87 heavy (non-hydrogen) atoms. The van der Waals surface area contributed by atoms with Gasteiger partial charge in [-0.15, -0.1) is 0 Å². The lowest BCUT2D eigenvalue weighted by Gasteiger charge is -2.26. The zero-order chi connectivity index (χ0) is 62.0. The molecule has 0 aliphatic heterocycles. The minimum atomic E-state index is -0.479. The lowest BCUT2D eigenvalue weighted by atomic mass is 9.82. The van der Waals surface area contributed by atoms with E-state index in [1.54, 1.807) is 59.0 Å². The minimum absolute atomic E-state index is 0.0107. The van der Waals surface area contributed by atoms with Crippen molar-refractivity contribution in [3.05, 3.63) is 140 Å². The summed E-state index contributed by atoms with van der Waals surface area (Å²) in [6, 6.07) is 5.06. The number of amides is 1. The van der Waals surface area contributed by atoms with E-state index in [0.29, 0.717) is 112 Å². The summed E-state index contributed by atoms with van der Waals surface area (Å²) in [5.41, 5.74) is 19.2. The first-order valence-corrected chi connectivity index (χ1v) is 29.2. The van der Waals surface area contributed by atoms with E-state index < -0.39 is 4.92 Å². The van der Waals surface area contributed by atoms with Crippen molar-refractivity contribution in [1.82, 2.24) is 61.2 Å². The maximum atomic E-state index is 11.7. The van der Waals surface area contributed by atoms with Crippen LogP contribution in [0, 0.1) is 10.1 Å². The van der Waals surface area contributed by atoms with Gasteiger partial charge in [0.2, 0.25) is 5.91 Å². The van der Waals surface area contributed by atoms with Gasteiger partial charge in [-0.05, 0) is 81.6 Å². The van der Waals surface area contributed by atoms with E-state index >= 15 is 0 Å². The van der Waals surface area contributed by atoms with E-state index in [1.165, 1.54) is 26.5 Å². The van der Waals surface area contributed by atoms with Gasteiger partial charge in [-0.25, -0.2) is 0 Å². The molecule has 1 amide bonds. The van der Waals surface area contributed by atoms with Crippen LogP contribution in [0.25, 0.3) is 34.2 Å². The van der Waals surface area contributed by atoms with Gasteiger partial charge in [0.15, 0.2) is 5.69 Å². The lowest BCUT2D eigenvalue weighted by Crippen LogP contribution is -2.14. The summed E-state index contributed by atoms with van der Waals surface area (Å²) in [6.45, 7) is 3.48. The number of methoxy groups -OCH3 is 6. The van der Waals surface area contributed by atoms with Gasteiger partial charge in [-0.3, -0.25) is 45.5 Å². The summed E-state index contributed by atoms with van der Waals surface area (Å²) in [6.07, 6.45) is 12.1. The van der Waals surface area contributed by atoms with Crippen LogP contribution in [0.2, 0.25) is 30.1 Å². The van der Waals surface area contributed by atoms with Gasteiger partial charge in [0.25, 0.3) is 0 Å². The van der Waals surface area contributed by atoms with E-state index in [4.69, 9.17) is 104 Å². The monoisotopic (exact) mass is 1310 g/mol. The summed E-state index contributed by atoms with van der Waals surface area (Å²) < 4.78 is 32.3. The highest BCUT2D eigenvalue weighted by molar-refractivity contribution is 6.39. The van der Waals surface area contributed by atoms with Crippen molar-refractivity contribution in [2.45, 2.75) is 75.5 Å². The second-order valence-electron chi connectivity index (χ2n) is 20.3. The fourth-order valence-electron chi connectivity index (χ4n) is 11.5. The zero-order valence-electron chi connectivity index (χ0n) is 47.5. The molecule has 3 atom stereocenters. The van der Waals surface area contributed by atoms with Crippen molar-refractivity contribution in [3.63, 3.8) is 0 Å². The van der Waals surface area contributed by atoms with Gasteiger partial charge < -0.3 is 39.5 Å². The van der Waals surface area contributed by atoms with Crippen LogP contribution < -0.4 is 39.5 Å². The number of anilines is 2. The molecule has 0 spiro atoms. The smallest absolute Gasteiger partial charge is 0.316 e. The number of benzene rings is 3. The highest BCUT2D eigenvalue weighted by Crippen LogP contribution is 2.51. The molecule has 6 heterocycles. The first-order chi connectivity index (χ1) is 42.0. The predicted octanol–water partition coefficient (Wildman–Crippen LogP) is 12.8. The molecular formula is C57H57Cl6N15O9. The van der Waals surface area contributed by atoms with E-state index in [2.05, 4.69) is 73.1 Å². The maximum Gasteiger partial charge on any atom is 0.316 e. The quantitative estimate of drug-likeness (QED) is 0.0269. The molecule has 0 bridgehead atoms. The normalized spacial score (nSPS) is 15.7. The molecule has 3 aliphatic rings. The van der Waals surface area contributed by atoms with Crippen molar-refractivity contribution >= 4 is 92.6 Å². The fraction of sp³-hybridized carbons (Fsp3) is 0.316. The largest absolute Gasteiger partial charge is 0.495 e. The van der Waals surface area contributed by atoms with Gasteiger partial charge in [0.05, 0.1) is 101 Å². The molecule has 0 fully saturated rings. The molecule has 0 saturated heterocycles. The Bertz CT molecular complexity index is 3970. The van der Waals surface area contributed by atoms with Crippen molar-refractivity contribution in [2.24, 2.45) is 0 Å². The number of nitrogens with one attached hydrogen (secondary N) is 7. The number of nitrogen functional groups attached to an aromatic ring is 1. The molecule has 12 rings (SSSR count). The van der Waals surface area contributed by atoms with Crippen LogP contribution in [-0.2, 0) is 43.3 Å². The number of carbonyl (C=O) groups is 1. The van der Waals surface area contributed by atoms with Crippen molar-refractivity contribution < 1.29 is 38.1 Å². The van der Waals surface area contributed by atoms with Gasteiger partial charge in [0.1, 0.15) is 69.2 Å². The summed E-state index contributed by atoms with van der Waals surface area (Å²) in [5, 5.41) is 59.8. The fourth-order valence-corrected chi connectivity index (χ4v) is 13.9. The van der Waals surface area contributed by atoms with Gasteiger partial charge in [-0.1, -0.05) is 76.2 Å². The van der Waals surface area contributed by atoms with Crippen molar-refractivity contribution in [1.29, 1.82) is 0 Å². The maximum absolute atomic E-state index is 11.7. The SMILES string of the molecule is C=CC(=O)Nc1cn[nH]c1-c1n[nH]c2c1CCC(c1c(Cl)c(OC)cc(OC)c1Cl)C2.COc1cc(OC)c(Cl)c(C2CCc3c(-c4[nH]ncc4N)n[nH]c3C2)c1Cl.COc1cc(OC)c(Cl)c(C2CCc3c(-c4[nH]ncc4[N+](=O)[O-])n[nH]c3C2)c1Cl. The summed E-state index contributed by atoms with van der Waals surface area (Å²) >= 11 is 39.6. The first-order valence-electron chi connectivity index (χ1n) is 26.9. The van der Waals surface area contributed by atoms with Crippen LogP contribution in [0.4, 0.5) is 17.1 Å². The molecule has 6 aromatic heterocycles. The number of aromatic nitrogens is 12. The Morgan fingerprint density at radius 1 is 0.552 bits per heavy atom. The molecule has 0 radical (unpaired) electrons. The Labute approximate surface area is 526 Å². The summed E-state index contributed by atoms with van der Waals surface area (Å²) in [7, 11) is 9.35. The topological polar surface area (TPSA) is 326 Å². The molecular weight excluding hydrogens is 1250 g/mol. The number of H-pyrrole nitrogens is 6. The van der Waals surface area contributed by atoms with Crippen LogP contribution >= 0.6 is 69.6 Å². The number of ether oxygens (including phenoxy) is 6. The number of rotatable bonds is 15. The number of nitrogens with two attached hydrogens (primary N) is 1. The predicted molar refractivity (Wildman–Crippen MR) is 331 cm³/mol. The van der Waals surface area contributed by atoms with Crippen LogP contribution in [0.15, 0.2) is 49.4 Å². The molecule has 3 aliphatic carbocycles. The van der Waals surface area contributed by atoms with Crippen LogP contribution in [0.1, 0.15) is 87.5 Å². The lowest BCUT2D eigenvalue weighted by molar-refractivity contribution is -0.384. The molecule has 24 nitrogen and oxygen atoms in total. The zero-order valence-corrected chi connectivity index (χ0v) is 52.0. The van der Waals surface area contributed by atoms with Crippen LogP contribution in [0.3, 0.4) is 0 Å². The molecule has 9 N–H and O–H groups in total. The van der Waals surface area contributed by atoms with Gasteiger partial charge >= 0.3 is 5.69 Å². The van der Waals surface area contributed by atoms with Crippen molar-refractivity contribution in [3.8, 4) is 68.7 Å². The number of nitrogens with zero attached hydrogens (tertiary/aromatic N) is 7. The number of hydrogen-bond donors (Lipinski definition) is 8. The third-order valence-corrected chi connectivity index (χ3v) is 18.1. The molecule has 456 valence electrons. The Morgan fingerprint density at radius 2 is 0.885 bits per heavy atom. The average Bonchev–Trinajstić information content (AvgIpc) is 2.20. The summed E-state index contributed by atoms with van der Waals surface area (Å²) in [5.74, 6) is 3.01. The Hall–Kier alpha value is -8.13. The molecule has 9 aromatic rings. The third-order valence-electron chi connectivity index (χ3n) is 15.8. The first kappa shape index (κ1) is 61.9. The van der Waals surface area contributed by atoms with E-state index in [9.17, 15) is 14.9 Å². The van der Waals surface area contributed by atoms with Gasteiger partial charge in [0, 0.05) is 68.7 Å². The minimum Gasteiger partial charge on any atom is -0.495 e.